The molecule has 1 aliphatic carbocycles. The Balaban J connectivity index is 1.76. The molecular weight excluding hydrogens is 296 g/mol. The third kappa shape index (κ3) is 4.71. The number of nitrogens with one attached hydrogen (secondary N) is 2. The van der Waals surface area contributed by atoms with Gasteiger partial charge in [-0.2, -0.15) is 0 Å². The van der Waals surface area contributed by atoms with E-state index in [1.54, 1.807) is 20.8 Å². The molecule has 0 unspecified atom stereocenters. The summed E-state index contributed by atoms with van der Waals surface area (Å²) in [7, 11) is -3.24. The van der Waals surface area contributed by atoms with Gasteiger partial charge in [-0.3, -0.25) is 0 Å². The van der Waals surface area contributed by atoms with Crippen molar-refractivity contribution in [1.82, 2.24) is 4.72 Å². The summed E-state index contributed by atoms with van der Waals surface area (Å²) in [4.78, 5) is 0. The number of rotatable bonds is 5. The standard InChI is InChI=1S/C17H28N2O2S/c1-17(2,3)22(20,21)19-16-11-9-14(10-12-16)13-18-15-7-5-4-6-8-15/h4-8,14,16,18-19H,9-13H2,1-3H3/t14-,16-. The number of benzene rings is 1. The summed E-state index contributed by atoms with van der Waals surface area (Å²) < 4.78 is 26.5. The Hall–Kier alpha value is -1.07. The number of hydrogen-bond donors (Lipinski definition) is 2. The maximum absolute atomic E-state index is 12.2. The topological polar surface area (TPSA) is 58.2 Å². The van der Waals surface area contributed by atoms with Crippen molar-refractivity contribution < 1.29 is 8.42 Å². The Morgan fingerprint density at radius 3 is 2.18 bits per heavy atom. The zero-order valence-electron chi connectivity index (χ0n) is 13.8. The van der Waals surface area contributed by atoms with Crippen molar-refractivity contribution >= 4 is 15.7 Å². The van der Waals surface area contributed by atoms with E-state index in [1.165, 1.54) is 0 Å². The normalized spacial score (nSPS) is 23.2. The van der Waals surface area contributed by atoms with Crippen molar-refractivity contribution in [1.29, 1.82) is 0 Å². The van der Waals surface area contributed by atoms with E-state index in [0.29, 0.717) is 5.92 Å². The molecule has 1 fully saturated rings. The minimum Gasteiger partial charge on any atom is -0.385 e. The van der Waals surface area contributed by atoms with Gasteiger partial charge in [0.15, 0.2) is 0 Å². The van der Waals surface area contributed by atoms with E-state index in [-0.39, 0.29) is 6.04 Å². The van der Waals surface area contributed by atoms with Gasteiger partial charge in [-0.15, -0.1) is 0 Å². The summed E-state index contributed by atoms with van der Waals surface area (Å²) in [5, 5.41) is 3.46. The fourth-order valence-electron chi connectivity index (χ4n) is 2.70. The van der Waals surface area contributed by atoms with Crippen molar-refractivity contribution in [2.24, 2.45) is 5.92 Å². The molecule has 2 N–H and O–H groups in total. The molecule has 0 aromatic heterocycles. The van der Waals surface area contributed by atoms with Crippen molar-refractivity contribution in [3.8, 4) is 0 Å². The molecule has 1 aliphatic rings. The highest BCUT2D eigenvalue weighted by atomic mass is 32.2. The molecule has 2 rings (SSSR count). The first-order chi connectivity index (χ1) is 10.3. The van der Waals surface area contributed by atoms with Crippen molar-refractivity contribution in [2.45, 2.75) is 57.2 Å². The minimum absolute atomic E-state index is 0.0946. The molecule has 0 atom stereocenters. The SMILES string of the molecule is CC(C)(C)S(=O)(=O)N[C@H]1CC[C@H](CNc2ccccc2)CC1. The molecular formula is C17H28N2O2S. The van der Waals surface area contributed by atoms with Crippen molar-refractivity contribution in [3.05, 3.63) is 30.3 Å². The van der Waals surface area contributed by atoms with E-state index in [1.807, 2.05) is 18.2 Å². The second-order valence-electron chi connectivity index (χ2n) is 7.20. The average molecular weight is 324 g/mol. The maximum Gasteiger partial charge on any atom is 0.216 e. The minimum atomic E-state index is -3.24. The van der Waals surface area contributed by atoms with E-state index in [0.717, 1.165) is 37.9 Å². The average Bonchev–Trinajstić information content (AvgIpc) is 2.46. The van der Waals surface area contributed by atoms with Gasteiger partial charge in [0.2, 0.25) is 10.0 Å². The highest BCUT2D eigenvalue weighted by molar-refractivity contribution is 7.90. The molecule has 0 heterocycles. The van der Waals surface area contributed by atoms with Crippen molar-refractivity contribution in [2.75, 3.05) is 11.9 Å². The largest absolute Gasteiger partial charge is 0.385 e. The number of anilines is 1. The lowest BCUT2D eigenvalue weighted by atomic mass is 9.86. The molecule has 1 aromatic carbocycles. The predicted octanol–water partition coefficient (Wildman–Crippen LogP) is 3.38. The van der Waals surface area contributed by atoms with Crippen LogP contribution in [0.1, 0.15) is 46.5 Å². The van der Waals surface area contributed by atoms with Gasteiger partial charge in [0.25, 0.3) is 0 Å². The fourth-order valence-corrected chi connectivity index (χ4v) is 3.73. The van der Waals surface area contributed by atoms with Gasteiger partial charge in [-0.25, -0.2) is 13.1 Å². The van der Waals surface area contributed by atoms with E-state index in [4.69, 9.17) is 0 Å². The van der Waals surface area contributed by atoms with Crippen LogP contribution in [0.2, 0.25) is 0 Å². The monoisotopic (exact) mass is 324 g/mol. The Morgan fingerprint density at radius 1 is 1.05 bits per heavy atom. The van der Waals surface area contributed by atoms with Crippen LogP contribution in [0.4, 0.5) is 5.69 Å². The zero-order chi connectivity index (χ0) is 16.2. The van der Waals surface area contributed by atoms with Crippen LogP contribution in [0.25, 0.3) is 0 Å². The predicted molar refractivity (Wildman–Crippen MR) is 92.5 cm³/mol. The van der Waals surface area contributed by atoms with E-state index >= 15 is 0 Å². The lowest BCUT2D eigenvalue weighted by molar-refractivity contribution is 0.322. The van der Waals surface area contributed by atoms with Crippen LogP contribution < -0.4 is 10.0 Å². The first-order valence-electron chi connectivity index (χ1n) is 8.09. The van der Waals surface area contributed by atoms with Crippen LogP contribution in [0.5, 0.6) is 0 Å². The molecule has 22 heavy (non-hydrogen) atoms. The Labute approximate surface area is 134 Å². The summed E-state index contributed by atoms with van der Waals surface area (Å²) in [6.45, 7) is 6.18. The quantitative estimate of drug-likeness (QED) is 0.873. The summed E-state index contributed by atoms with van der Waals surface area (Å²) in [5.41, 5.74) is 1.15. The smallest absolute Gasteiger partial charge is 0.216 e. The Bertz CT molecular complexity index is 556. The van der Waals surface area contributed by atoms with Gasteiger partial charge in [0.05, 0.1) is 4.75 Å². The van der Waals surface area contributed by atoms with Crippen molar-refractivity contribution in [3.63, 3.8) is 0 Å². The van der Waals surface area contributed by atoms with E-state index in [2.05, 4.69) is 22.2 Å². The molecule has 5 heteroatoms. The molecule has 1 aromatic rings. The number of hydrogen-bond acceptors (Lipinski definition) is 3. The number of para-hydroxylation sites is 1. The second kappa shape index (κ2) is 7.01. The van der Waals surface area contributed by atoms with Gasteiger partial charge in [0.1, 0.15) is 0 Å². The van der Waals surface area contributed by atoms with Crippen LogP contribution in [0, 0.1) is 5.92 Å². The summed E-state index contributed by atoms with van der Waals surface area (Å²) >= 11 is 0. The highest BCUT2D eigenvalue weighted by Gasteiger charge is 2.32. The third-order valence-electron chi connectivity index (χ3n) is 4.34. The van der Waals surface area contributed by atoms with Gasteiger partial charge in [-0.1, -0.05) is 18.2 Å². The lowest BCUT2D eigenvalue weighted by Gasteiger charge is -2.31. The van der Waals surface area contributed by atoms with Crippen LogP contribution in [0.15, 0.2) is 30.3 Å². The van der Waals surface area contributed by atoms with Gasteiger partial charge >= 0.3 is 0 Å². The molecule has 0 saturated heterocycles. The third-order valence-corrected chi connectivity index (χ3v) is 6.60. The fraction of sp³-hybridized carbons (Fsp3) is 0.647. The highest BCUT2D eigenvalue weighted by Crippen LogP contribution is 2.26. The second-order valence-corrected chi connectivity index (χ2v) is 9.67. The number of sulfonamides is 1. The first kappa shape index (κ1) is 17.3. The Kier molecular flexibility index (Phi) is 5.50. The lowest BCUT2D eigenvalue weighted by Crippen LogP contribution is -2.46. The summed E-state index contributed by atoms with van der Waals surface area (Å²) in [5.74, 6) is 0.621. The van der Waals surface area contributed by atoms with Crippen LogP contribution in [-0.2, 0) is 10.0 Å². The molecule has 1 saturated carbocycles. The van der Waals surface area contributed by atoms with Gasteiger partial charge in [0, 0.05) is 18.3 Å². The molecule has 0 radical (unpaired) electrons. The summed E-state index contributed by atoms with van der Waals surface area (Å²) in [6.07, 6.45) is 3.99. The van der Waals surface area contributed by atoms with Crippen LogP contribution in [-0.4, -0.2) is 25.8 Å². The molecule has 124 valence electrons. The van der Waals surface area contributed by atoms with Crippen LogP contribution >= 0.6 is 0 Å². The summed E-state index contributed by atoms with van der Waals surface area (Å²) in [6, 6.07) is 10.3. The molecule has 4 nitrogen and oxygen atoms in total. The van der Waals surface area contributed by atoms with E-state index < -0.39 is 14.8 Å². The van der Waals surface area contributed by atoms with Gasteiger partial charge in [-0.05, 0) is 64.5 Å². The molecule has 0 bridgehead atoms. The Morgan fingerprint density at radius 2 is 1.64 bits per heavy atom. The maximum atomic E-state index is 12.2. The van der Waals surface area contributed by atoms with E-state index in [9.17, 15) is 8.42 Å². The molecule has 0 aliphatic heterocycles. The van der Waals surface area contributed by atoms with Crippen LogP contribution in [0.3, 0.4) is 0 Å². The zero-order valence-corrected chi connectivity index (χ0v) is 14.6. The first-order valence-corrected chi connectivity index (χ1v) is 9.57. The molecule has 0 amide bonds. The molecule has 0 spiro atoms. The van der Waals surface area contributed by atoms with Gasteiger partial charge < -0.3 is 5.32 Å².